The number of nitrogens with zero attached hydrogens (tertiary/aromatic N) is 2. The van der Waals surface area contributed by atoms with Gasteiger partial charge >= 0.3 is 0 Å². The number of halogens is 1. The zero-order valence-corrected chi connectivity index (χ0v) is 8.80. The molecule has 2 heterocycles. The van der Waals surface area contributed by atoms with Crippen molar-refractivity contribution in [2.45, 2.75) is 32.5 Å². The van der Waals surface area contributed by atoms with Crippen LogP contribution >= 0.6 is 15.9 Å². The summed E-state index contributed by atoms with van der Waals surface area (Å²) in [6, 6.07) is 3.00. The molecule has 0 aromatic carbocycles. The second-order valence-corrected chi connectivity index (χ2v) is 4.18. The highest BCUT2D eigenvalue weighted by Gasteiger charge is 2.21. The summed E-state index contributed by atoms with van der Waals surface area (Å²) in [4.78, 5) is 0. The van der Waals surface area contributed by atoms with Crippen LogP contribution in [0.25, 0.3) is 0 Å². The largest absolute Gasteiger partial charge is 0.304 e. The quantitative estimate of drug-likeness (QED) is 0.735. The highest BCUT2D eigenvalue weighted by molar-refractivity contribution is 9.10. The molecule has 12 heavy (non-hydrogen) atoms. The van der Waals surface area contributed by atoms with Crippen molar-refractivity contribution < 1.29 is 0 Å². The second kappa shape index (κ2) is 2.85. The van der Waals surface area contributed by atoms with E-state index < -0.39 is 0 Å². The topological polar surface area (TPSA) is 29.9 Å². The van der Waals surface area contributed by atoms with Gasteiger partial charge in [-0.2, -0.15) is 5.10 Å². The summed E-state index contributed by atoms with van der Waals surface area (Å²) in [6.07, 6.45) is 0. The number of fused-ring (bicyclic) bond motifs is 1. The number of hydrogen-bond acceptors (Lipinski definition) is 2. The van der Waals surface area contributed by atoms with Gasteiger partial charge in [-0.15, -0.1) is 0 Å². The van der Waals surface area contributed by atoms with Gasteiger partial charge in [0.05, 0.1) is 12.2 Å². The summed E-state index contributed by atoms with van der Waals surface area (Å²) < 4.78 is 3.00. The minimum atomic E-state index is 0.410. The van der Waals surface area contributed by atoms with E-state index in [9.17, 15) is 0 Å². The maximum absolute atomic E-state index is 4.35. The predicted molar refractivity (Wildman–Crippen MR) is 50.9 cm³/mol. The molecule has 0 fully saturated rings. The first-order chi connectivity index (χ1) is 5.66. The Morgan fingerprint density at radius 3 is 3.17 bits per heavy atom. The van der Waals surface area contributed by atoms with Crippen LogP contribution in [0.2, 0.25) is 0 Å². The molecule has 0 saturated carbocycles. The number of hydrogen-bond donors (Lipinski definition) is 1. The molecule has 0 spiro atoms. The molecule has 1 aromatic rings. The average Bonchev–Trinajstić information content (AvgIpc) is 2.29. The van der Waals surface area contributed by atoms with Crippen LogP contribution in [0.4, 0.5) is 0 Å². The number of nitrogens with one attached hydrogen (secondary N) is 1. The van der Waals surface area contributed by atoms with E-state index in [0.717, 1.165) is 11.1 Å². The van der Waals surface area contributed by atoms with E-state index in [4.69, 9.17) is 0 Å². The van der Waals surface area contributed by atoms with Crippen LogP contribution in [0.15, 0.2) is 10.7 Å². The second-order valence-electron chi connectivity index (χ2n) is 3.36. The van der Waals surface area contributed by atoms with Gasteiger partial charge in [0.2, 0.25) is 0 Å². The number of aromatic nitrogens is 2. The van der Waals surface area contributed by atoms with Crippen LogP contribution in [0, 0.1) is 0 Å². The third-order valence-electron chi connectivity index (χ3n) is 2.21. The van der Waals surface area contributed by atoms with E-state index >= 15 is 0 Å². The summed E-state index contributed by atoms with van der Waals surface area (Å²) in [7, 11) is 0. The van der Waals surface area contributed by atoms with E-state index in [0.29, 0.717) is 12.1 Å². The van der Waals surface area contributed by atoms with Gasteiger partial charge in [0.25, 0.3) is 0 Å². The molecular formula is C8H12BrN3. The molecule has 2 atom stereocenters. The lowest BCUT2D eigenvalue weighted by molar-refractivity contribution is 0.344. The molecule has 4 heteroatoms. The Morgan fingerprint density at radius 2 is 2.42 bits per heavy atom. The van der Waals surface area contributed by atoms with Crippen molar-refractivity contribution >= 4 is 15.9 Å². The fraction of sp³-hybridized carbons (Fsp3) is 0.625. The van der Waals surface area contributed by atoms with Crippen LogP contribution in [0.3, 0.4) is 0 Å². The van der Waals surface area contributed by atoms with Crippen LogP contribution in [0.1, 0.15) is 25.6 Å². The van der Waals surface area contributed by atoms with Crippen molar-refractivity contribution in [2.24, 2.45) is 0 Å². The van der Waals surface area contributed by atoms with E-state index in [1.807, 2.05) is 0 Å². The Morgan fingerprint density at radius 1 is 1.67 bits per heavy atom. The molecule has 0 radical (unpaired) electrons. The minimum absolute atomic E-state index is 0.410. The van der Waals surface area contributed by atoms with Crippen LogP contribution in [-0.2, 0) is 6.54 Å². The Bertz CT molecular complexity index is 294. The van der Waals surface area contributed by atoms with E-state index in [1.54, 1.807) is 0 Å². The Balaban J connectivity index is 2.40. The highest BCUT2D eigenvalue weighted by Crippen LogP contribution is 2.21. The summed E-state index contributed by atoms with van der Waals surface area (Å²) in [5.74, 6) is 0. The first kappa shape index (κ1) is 8.26. The Hall–Kier alpha value is -0.350. The summed E-state index contributed by atoms with van der Waals surface area (Å²) in [5, 5.41) is 7.81. The van der Waals surface area contributed by atoms with Crippen LogP contribution in [-0.4, -0.2) is 15.8 Å². The Kier molecular flexibility index (Phi) is 1.96. The zero-order valence-electron chi connectivity index (χ0n) is 7.21. The lowest BCUT2D eigenvalue weighted by atomic mass is 10.1. The van der Waals surface area contributed by atoms with E-state index in [2.05, 4.69) is 50.9 Å². The van der Waals surface area contributed by atoms with Crippen molar-refractivity contribution in [3.8, 4) is 0 Å². The molecule has 0 bridgehead atoms. The molecule has 0 unspecified atom stereocenters. The van der Waals surface area contributed by atoms with Crippen molar-refractivity contribution in [2.75, 3.05) is 0 Å². The van der Waals surface area contributed by atoms with Gasteiger partial charge in [0, 0.05) is 12.1 Å². The Labute approximate surface area is 80.3 Å². The van der Waals surface area contributed by atoms with Crippen molar-refractivity contribution in [1.82, 2.24) is 15.1 Å². The zero-order chi connectivity index (χ0) is 8.72. The van der Waals surface area contributed by atoms with Gasteiger partial charge in [-0.1, -0.05) is 0 Å². The van der Waals surface area contributed by atoms with Gasteiger partial charge in [0.1, 0.15) is 4.60 Å². The van der Waals surface area contributed by atoms with Crippen molar-refractivity contribution in [3.05, 3.63) is 16.4 Å². The average molecular weight is 230 g/mol. The third-order valence-corrected chi connectivity index (χ3v) is 2.59. The molecule has 3 nitrogen and oxygen atoms in total. The molecular weight excluding hydrogens is 218 g/mol. The smallest absolute Gasteiger partial charge is 0.128 e. The SMILES string of the molecule is C[C@@H]1Cn2nc(Br)cc2[C@H](C)N1. The molecule has 0 saturated heterocycles. The first-order valence-electron chi connectivity index (χ1n) is 4.16. The summed E-state index contributed by atoms with van der Waals surface area (Å²) in [6.45, 7) is 5.30. The van der Waals surface area contributed by atoms with Gasteiger partial charge < -0.3 is 5.32 Å². The normalized spacial score (nSPS) is 28.6. The minimum Gasteiger partial charge on any atom is -0.304 e. The fourth-order valence-corrected chi connectivity index (χ4v) is 2.14. The molecule has 1 aromatic heterocycles. The number of rotatable bonds is 0. The maximum Gasteiger partial charge on any atom is 0.128 e. The van der Waals surface area contributed by atoms with Crippen LogP contribution < -0.4 is 5.32 Å². The molecule has 1 aliphatic heterocycles. The monoisotopic (exact) mass is 229 g/mol. The van der Waals surface area contributed by atoms with Crippen molar-refractivity contribution in [3.63, 3.8) is 0 Å². The molecule has 0 aliphatic carbocycles. The van der Waals surface area contributed by atoms with E-state index in [1.165, 1.54) is 5.69 Å². The first-order valence-corrected chi connectivity index (χ1v) is 4.95. The van der Waals surface area contributed by atoms with Gasteiger partial charge in [-0.3, -0.25) is 4.68 Å². The lowest BCUT2D eigenvalue weighted by Gasteiger charge is -2.27. The molecule has 0 amide bonds. The van der Waals surface area contributed by atoms with Crippen LogP contribution in [0.5, 0.6) is 0 Å². The highest BCUT2D eigenvalue weighted by atomic mass is 79.9. The standard InChI is InChI=1S/C8H12BrN3/c1-5-4-12-7(6(2)10-5)3-8(9)11-12/h3,5-6,10H,4H2,1-2H3/t5-,6+/m1/s1. The predicted octanol–water partition coefficient (Wildman–Crippen LogP) is 1.70. The molecule has 66 valence electrons. The molecule has 1 N–H and O–H groups in total. The van der Waals surface area contributed by atoms with Gasteiger partial charge in [0.15, 0.2) is 0 Å². The molecule has 2 rings (SSSR count). The van der Waals surface area contributed by atoms with Gasteiger partial charge in [-0.25, -0.2) is 0 Å². The maximum atomic E-state index is 4.35. The van der Waals surface area contributed by atoms with Crippen molar-refractivity contribution in [1.29, 1.82) is 0 Å². The lowest BCUT2D eigenvalue weighted by Crippen LogP contribution is -2.39. The fourth-order valence-electron chi connectivity index (χ4n) is 1.72. The van der Waals surface area contributed by atoms with E-state index in [-0.39, 0.29) is 0 Å². The summed E-state index contributed by atoms with van der Waals surface area (Å²) >= 11 is 3.38. The third kappa shape index (κ3) is 1.29. The van der Waals surface area contributed by atoms with Gasteiger partial charge in [-0.05, 0) is 35.8 Å². The summed E-state index contributed by atoms with van der Waals surface area (Å²) in [5.41, 5.74) is 1.26. The molecule has 1 aliphatic rings.